The van der Waals surface area contributed by atoms with E-state index < -0.39 is 0 Å². The smallest absolute Gasteiger partial charge is 0.305 e. The van der Waals surface area contributed by atoms with Crippen molar-refractivity contribution in [1.82, 2.24) is 4.90 Å². The molecule has 0 amide bonds. The van der Waals surface area contributed by atoms with Crippen molar-refractivity contribution in [2.45, 2.75) is 220 Å². The molecule has 0 aliphatic carbocycles. The second-order valence-corrected chi connectivity index (χ2v) is 16.5. The van der Waals surface area contributed by atoms with E-state index in [-0.39, 0.29) is 11.9 Å². The van der Waals surface area contributed by atoms with Crippen molar-refractivity contribution < 1.29 is 28.5 Å². The number of nitrogens with zero attached hydrogens (tertiary/aromatic N) is 1. The Labute approximate surface area is 357 Å². The number of ether oxygens (including phenoxy) is 4. The number of hydrogen-bond donors (Lipinski definition) is 0. The van der Waals surface area contributed by atoms with Crippen LogP contribution in [-0.4, -0.2) is 49.8 Å². The number of hydrogen-bond acceptors (Lipinski definition) is 7. The third-order valence-corrected chi connectivity index (χ3v) is 10.7. The fourth-order valence-corrected chi connectivity index (χ4v) is 7.14. The van der Waals surface area contributed by atoms with Gasteiger partial charge in [0, 0.05) is 31.1 Å². The molecule has 7 nitrogen and oxygen atoms in total. The summed E-state index contributed by atoms with van der Waals surface area (Å²) in [7, 11) is 0. The lowest BCUT2D eigenvalue weighted by Gasteiger charge is -2.20. The molecule has 334 valence electrons. The first-order chi connectivity index (χ1) is 28.4. The molecule has 0 saturated carbocycles. The van der Waals surface area contributed by atoms with Crippen LogP contribution in [0.1, 0.15) is 219 Å². The van der Waals surface area contributed by atoms with Gasteiger partial charge in [-0.3, -0.25) is 9.59 Å². The van der Waals surface area contributed by atoms with Crippen molar-refractivity contribution >= 4 is 11.9 Å². The number of benzene rings is 1. The van der Waals surface area contributed by atoms with Gasteiger partial charge in [0.15, 0.2) is 0 Å². The van der Waals surface area contributed by atoms with Gasteiger partial charge in [-0.2, -0.15) is 0 Å². The summed E-state index contributed by atoms with van der Waals surface area (Å²) < 4.78 is 23.4. The predicted octanol–water partition coefficient (Wildman–Crippen LogP) is 14.8. The van der Waals surface area contributed by atoms with Crippen LogP contribution in [0.5, 0.6) is 11.5 Å². The zero-order chi connectivity index (χ0) is 42.2. The van der Waals surface area contributed by atoms with Crippen LogP contribution in [0.2, 0.25) is 0 Å². The maximum absolute atomic E-state index is 12.0. The van der Waals surface area contributed by atoms with E-state index in [0.29, 0.717) is 39.3 Å². The Kier molecular flexibility index (Phi) is 36.1. The van der Waals surface area contributed by atoms with Gasteiger partial charge in [-0.05, 0) is 89.1 Å². The lowest BCUT2D eigenvalue weighted by Crippen LogP contribution is -2.16. The molecule has 0 aromatic heterocycles. The second-order valence-electron chi connectivity index (χ2n) is 16.5. The highest BCUT2D eigenvalue weighted by molar-refractivity contribution is 5.69. The summed E-state index contributed by atoms with van der Waals surface area (Å²) in [5, 5.41) is 0. The van der Waals surface area contributed by atoms with Crippen LogP contribution in [0.3, 0.4) is 0 Å². The molecule has 0 fully saturated rings. The number of carbonyl (C=O) groups is 2. The minimum absolute atomic E-state index is 0.0290. The van der Waals surface area contributed by atoms with Crippen LogP contribution in [0.4, 0.5) is 0 Å². The highest BCUT2D eigenvalue weighted by Crippen LogP contribution is 2.25. The van der Waals surface area contributed by atoms with Gasteiger partial charge in [-0.1, -0.05) is 155 Å². The van der Waals surface area contributed by atoms with Crippen molar-refractivity contribution in [3.05, 3.63) is 48.3 Å². The number of esters is 2. The number of aryl methyl sites for hydroxylation is 1. The molecule has 0 heterocycles. The molecule has 7 heteroatoms. The van der Waals surface area contributed by atoms with E-state index in [0.717, 1.165) is 126 Å². The van der Waals surface area contributed by atoms with E-state index in [1.807, 2.05) is 19.9 Å². The van der Waals surface area contributed by atoms with Gasteiger partial charge in [0.05, 0.1) is 26.4 Å². The van der Waals surface area contributed by atoms with Crippen molar-refractivity contribution in [3.63, 3.8) is 0 Å². The molecular formula is C51H89NO6. The number of carbonyl (C=O) groups excluding carboxylic acids is 2. The molecule has 0 aliphatic heterocycles. The largest absolute Gasteiger partial charge is 0.493 e. The Morgan fingerprint density at radius 2 is 0.914 bits per heavy atom. The fraction of sp³-hybridized carbons (Fsp3) is 0.765. The molecule has 0 bridgehead atoms. The number of allylic oxidation sites excluding steroid dienone is 2. The van der Waals surface area contributed by atoms with E-state index in [4.69, 9.17) is 18.9 Å². The summed E-state index contributed by atoms with van der Waals surface area (Å²) >= 11 is 0. The molecule has 0 saturated heterocycles. The molecule has 0 N–H and O–H groups in total. The van der Waals surface area contributed by atoms with E-state index in [1.54, 1.807) is 0 Å². The lowest BCUT2D eigenvalue weighted by molar-refractivity contribution is -0.144. The molecule has 1 aromatic carbocycles. The van der Waals surface area contributed by atoms with Gasteiger partial charge in [0.25, 0.3) is 0 Å². The van der Waals surface area contributed by atoms with Crippen molar-refractivity contribution in [2.75, 3.05) is 33.0 Å². The van der Waals surface area contributed by atoms with Crippen molar-refractivity contribution in [2.24, 2.45) is 0 Å². The summed E-state index contributed by atoms with van der Waals surface area (Å²) in [6.45, 7) is 16.1. The van der Waals surface area contributed by atoms with E-state index in [1.165, 1.54) is 82.6 Å². The summed E-state index contributed by atoms with van der Waals surface area (Å²) in [5.41, 5.74) is 2.29. The molecular weight excluding hydrogens is 723 g/mol. The standard InChI is InChI=1S/C51H89NO6/c1-6-9-11-13-15-21-27-35-50(53)57-41-31-25-19-17-23-29-39-55-48-43-47(34-33-38-52(37-8-3)46(4)5)44-49(45-48)56-40-30-24-18-20-26-32-42-58-51(54)36-28-22-16-14-12-10-7-2/h8,37,43-45H,4,6-7,9-36,38-42H2,1-3,5H3/b37-8-. The summed E-state index contributed by atoms with van der Waals surface area (Å²) in [5.74, 6) is 1.72. The Morgan fingerprint density at radius 3 is 1.31 bits per heavy atom. The highest BCUT2D eigenvalue weighted by Gasteiger charge is 2.08. The van der Waals surface area contributed by atoms with E-state index in [2.05, 4.69) is 49.7 Å². The van der Waals surface area contributed by atoms with Crippen LogP contribution in [0.15, 0.2) is 42.8 Å². The van der Waals surface area contributed by atoms with Crippen molar-refractivity contribution in [3.8, 4) is 11.5 Å². The summed E-state index contributed by atoms with van der Waals surface area (Å²) in [6.07, 6.45) is 37.3. The SMILES string of the molecule is C=C(C)N(/C=C\C)CCCc1cc(OCCCCCCCCOC(=O)CCCCCCCCC)cc(OCCCCCCCCOC(=O)CCCCCCCCC)c1. The minimum atomic E-state index is -0.0290. The Hall–Kier alpha value is -2.96. The second kappa shape index (κ2) is 39.5. The lowest BCUT2D eigenvalue weighted by atomic mass is 10.1. The first-order valence-corrected chi connectivity index (χ1v) is 24.1. The van der Waals surface area contributed by atoms with Crippen molar-refractivity contribution in [1.29, 1.82) is 0 Å². The van der Waals surface area contributed by atoms with Crippen LogP contribution < -0.4 is 9.47 Å². The highest BCUT2D eigenvalue weighted by atomic mass is 16.5. The van der Waals surface area contributed by atoms with Gasteiger partial charge in [-0.15, -0.1) is 0 Å². The molecule has 0 unspecified atom stereocenters. The quantitative estimate of drug-likeness (QED) is 0.0481. The van der Waals surface area contributed by atoms with Crippen LogP contribution in [0.25, 0.3) is 0 Å². The first kappa shape index (κ1) is 53.1. The van der Waals surface area contributed by atoms with Gasteiger partial charge >= 0.3 is 11.9 Å². The molecule has 0 radical (unpaired) electrons. The normalized spacial score (nSPS) is 11.2. The van der Waals surface area contributed by atoms with Gasteiger partial charge in [-0.25, -0.2) is 0 Å². The maximum Gasteiger partial charge on any atom is 0.305 e. The number of unbranched alkanes of at least 4 members (excludes halogenated alkanes) is 22. The summed E-state index contributed by atoms with van der Waals surface area (Å²) in [6, 6.07) is 6.40. The van der Waals surface area contributed by atoms with Gasteiger partial charge < -0.3 is 23.8 Å². The van der Waals surface area contributed by atoms with E-state index >= 15 is 0 Å². The average Bonchev–Trinajstić information content (AvgIpc) is 3.21. The monoisotopic (exact) mass is 812 g/mol. The Bertz CT molecular complexity index is 1100. The molecule has 0 atom stereocenters. The van der Waals surface area contributed by atoms with Gasteiger partial charge in [0.2, 0.25) is 0 Å². The first-order valence-electron chi connectivity index (χ1n) is 24.1. The third-order valence-electron chi connectivity index (χ3n) is 10.7. The molecule has 0 aliphatic rings. The zero-order valence-electron chi connectivity index (χ0n) is 38.2. The van der Waals surface area contributed by atoms with Gasteiger partial charge in [0.1, 0.15) is 11.5 Å². The topological polar surface area (TPSA) is 74.3 Å². The maximum atomic E-state index is 12.0. The summed E-state index contributed by atoms with van der Waals surface area (Å²) in [4.78, 5) is 26.2. The molecule has 0 spiro atoms. The minimum Gasteiger partial charge on any atom is -0.493 e. The van der Waals surface area contributed by atoms with E-state index in [9.17, 15) is 9.59 Å². The average molecular weight is 812 g/mol. The zero-order valence-corrected chi connectivity index (χ0v) is 38.2. The molecule has 58 heavy (non-hydrogen) atoms. The predicted molar refractivity (Wildman–Crippen MR) is 245 cm³/mol. The fourth-order valence-electron chi connectivity index (χ4n) is 7.14. The van der Waals surface area contributed by atoms with Crippen LogP contribution in [0, 0.1) is 0 Å². The molecule has 1 rings (SSSR count). The Morgan fingerprint density at radius 1 is 0.534 bits per heavy atom. The molecule has 1 aromatic rings. The third kappa shape index (κ3) is 32.9. The number of rotatable bonds is 42. The van der Waals surface area contributed by atoms with Crippen LogP contribution in [-0.2, 0) is 25.5 Å². The van der Waals surface area contributed by atoms with Crippen LogP contribution >= 0.6 is 0 Å². The Balaban J connectivity index is 2.31.